The van der Waals surface area contributed by atoms with E-state index in [9.17, 15) is 5.11 Å². The van der Waals surface area contributed by atoms with Gasteiger partial charge in [-0.3, -0.25) is 0 Å². The van der Waals surface area contributed by atoms with Crippen molar-refractivity contribution in [1.29, 1.82) is 0 Å². The van der Waals surface area contributed by atoms with Gasteiger partial charge in [-0.1, -0.05) is 18.2 Å². The number of fused-ring (bicyclic) bond motifs is 3. The van der Waals surface area contributed by atoms with Crippen LogP contribution in [0.25, 0.3) is 0 Å². The van der Waals surface area contributed by atoms with E-state index in [1.807, 2.05) is 6.07 Å². The van der Waals surface area contributed by atoms with Gasteiger partial charge in [-0.15, -0.1) is 0 Å². The van der Waals surface area contributed by atoms with Gasteiger partial charge in [0.1, 0.15) is 5.75 Å². The van der Waals surface area contributed by atoms with Gasteiger partial charge in [0.15, 0.2) is 0 Å². The van der Waals surface area contributed by atoms with Crippen molar-refractivity contribution < 1.29 is 9.84 Å². The molecule has 0 saturated heterocycles. The van der Waals surface area contributed by atoms with Crippen molar-refractivity contribution >= 4 is 0 Å². The van der Waals surface area contributed by atoms with Crippen LogP contribution in [-0.2, 0) is 5.41 Å². The van der Waals surface area contributed by atoms with Gasteiger partial charge < -0.3 is 9.84 Å². The summed E-state index contributed by atoms with van der Waals surface area (Å²) in [4.78, 5) is 0. The zero-order valence-electron chi connectivity index (χ0n) is 10.4. The van der Waals surface area contributed by atoms with E-state index in [4.69, 9.17) is 4.74 Å². The van der Waals surface area contributed by atoms with Crippen molar-refractivity contribution in [3.8, 4) is 5.75 Å². The van der Waals surface area contributed by atoms with Gasteiger partial charge in [0, 0.05) is 5.56 Å². The molecule has 0 amide bonds. The highest BCUT2D eigenvalue weighted by atomic mass is 16.5. The number of methoxy groups -OCH3 is 1. The summed E-state index contributed by atoms with van der Waals surface area (Å²) in [5.41, 5.74) is 1.25. The topological polar surface area (TPSA) is 29.5 Å². The summed E-state index contributed by atoms with van der Waals surface area (Å²) in [7, 11) is 1.75. The quantitative estimate of drug-likeness (QED) is 0.849. The molecule has 0 heterocycles. The van der Waals surface area contributed by atoms with E-state index < -0.39 is 0 Å². The number of ether oxygens (including phenoxy) is 1. The molecule has 3 fully saturated rings. The number of rotatable bonds is 2. The fourth-order valence-electron chi connectivity index (χ4n) is 3.65. The first-order valence-corrected chi connectivity index (χ1v) is 6.53. The molecule has 2 nitrogen and oxygen atoms in total. The fraction of sp³-hybridized carbons (Fsp3) is 0.600. The summed E-state index contributed by atoms with van der Waals surface area (Å²) in [5.74, 6) is 1.01. The van der Waals surface area contributed by atoms with E-state index in [1.54, 1.807) is 7.11 Å². The Morgan fingerprint density at radius 2 is 1.59 bits per heavy atom. The molecule has 0 radical (unpaired) electrons. The van der Waals surface area contributed by atoms with Crippen LogP contribution in [-0.4, -0.2) is 17.8 Å². The number of hydrogen-bond acceptors (Lipinski definition) is 2. The molecule has 92 valence electrons. The lowest BCUT2D eigenvalue weighted by Gasteiger charge is -2.51. The van der Waals surface area contributed by atoms with Gasteiger partial charge in [-0.05, 0) is 50.0 Å². The molecule has 1 aromatic rings. The maximum atomic E-state index is 10.3. The summed E-state index contributed by atoms with van der Waals surface area (Å²) in [6, 6.07) is 8.39. The highest BCUT2D eigenvalue weighted by Crippen LogP contribution is 2.55. The van der Waals surface area contributed by atoms with Gasteiger partial charge in [-0.25, -0.2) is 0 Å². The minimum absolute atomic E-state index is 0.261. The van der Waals surface area contributed by atoms with Crippen LogP contribution in [0.2, 0.25) is 0 Å². The van der Waals surface area contributed by atoms with Crippen LogP contribution in [0.1, 0.15) is 44.1 Å². The summed E-state index contributed by atoms with van der Waals surface area (Å²) >= 11 is 0. The Hall–Kier alpha value is -1.02. The first-order chi connectivity index (χ1) is 8.18. The average Bonchev–Trinajstić information content (AvgIpc) is 2.40. The van der Waals surface area contributed by atoms with Gasteiger partial charge in [0.25, 0.3) is 0 Å². The van der Waals surface area contributed by atoms with Crippen molar-refractivity contribution in [2.75, 3.05) is 7.11 Å². The lowest BCUT2D eigenvalue weighted by molar-refractivity contribution is -0.0664. The number of benzene rings is 1. The van der Waals surface area contributed by atoms with Crippen molar-refractivity contribution in [1.82, 2.24) is 0 Å². The molecule has 0 unspecified atom stereocenters. The van der Waals surface area contributed by atoms with E-state index in [-0.39, 0.29) is 11.0 Å². The molecule has 2 bridgehead atoms. The van der Waals surface area contributed by atoms with Crippen LogP contribution in [0.5, 0.6) is 5.75 Å². The van der Waals surface area contributed by atoms with Crippen LogP contribution in [0.15, 0.2) is 24.3 Å². The molecule has 3 aliphatic rings. The van der Waals surface area contributed by atoms with Gasteiger partial charge in [-0.2, -0.15) is 0 Å². The molecule has 0 spiro atoms. The SMILES string of the molecule is COc1ccccc1C12CCC(O)(CC1)CC2. The van der Waals surface area contributed by atoms with Crippen LogP contribution < -0.4 is 4.74 Å². The number of aliphatic hydroxyl groups is 1. The zero-order chi connectivity index (χ0) is 11.9. The van der Waals surface area contributed by atoms with E-state index in [0.29, 0.717) is 0 Å². The smallest absolute Gasteiger partial charge is 0.122 e. The van der Waals surface area contributed by atoms with Crippen LogP contribution in [0.4, 0.5) is 0 Å². The summed E-state index contributed by atoms with van der Waals surface area (Å²) in [6.07, 6.45) is 6.15. The second-order valence-electron chi connectivity index (χ2n) is 5.70. The predicted octanol–water partition coefficient (Wildman–Crippen LogP) is 3.03. The Morgan fingerprint density at radius 3 is 2.18 bits per heavy atom. The molecule has 17 heavy (non-hydrogen) atoms. The largest absolute Gasteiger partial charge is 0.496 e. The third kappa shape index (κ3) is 1.66. The Bertz CT molecular complexity index is 400. The molecule has 0 aromatic heterocycles. The summed E-state index contributed by atoms with van der Waals surface area (Å²) in [6.45, 7) is 0. The Balaban J connectivity index is 1.98. The molecule has 4 rings (SSSR count). The normalized spacial score (nSPS) is 35.9. The summed E-state index contributed by atoms with van der Waals surface area (Å²) < 4.78 is 5.51. The van der Waals surface area contributed by atoms with Gasteiger partial charge in [0.05, 0.1) is 12.7 Å². The zero-order valence-corrected chi connectivity index (χ0v) is 10.4. The fourth-order valence-corrected chi connectivity index (χ4v) is 3.65. The molecule has 3 aliphatic carbocycles. The third-order valence-electron chi connectivity index (χ3n) is 4.89. The maximum Gasteiger partial charge on any atom is 0.122 e. The highest BCUT2D eigenvalue weighted by molar-refractivity contribution is 5.41. The standard InChI is InChI=1S/C15H20O2/c1-17-13-5-3-2-4-12(13)14-6-9-15(16,10-7-14)11-8-14/h2-5,16H,6-11H2,1H3. The van der Waals surface area contributed by atoms with E-state index >= 15 is 0 Å². The van der Waals surface area contributed by atoms with Crippen molar-refractivity contribution in [3.05, 3.63) is 29.8 Å². The monoisotopic (exact) mass is 232 g/mol. The lowest BCUT2D eigenvalue weighted by atomic mass is 9.56. The second kappa shape index (κ2) is 3.74. The highest BCUT2D eigenvalue weighted by Gasteiger charge is 2.49. The molecule has 0 aliphatic heterocycles. The number of para-hydroxylation sites is 1. The van der Waals surface area contributed by atoms with Gasteiger partial charge >= 0.3 is 0 Å². The predicted molar refractivity (Wildman–Crippen MR) is 67.3 cm³/mol. The minimum atomic E-state index is -0.357. The van der Waals surface area contributed by atoms with Crippen molar-refractivity contribution in [2.45, 2.75) is 49.5 Å². The molecular formula is C15H20O2. The van der Waals surface area contributed by atoms with Gasteiger partial charge in [0.2, 0.25) is 0 Å². The average molecular weight is 232 g/mol. The Kier molecular flexibility index (Phi) is 2.44. The molecule has 1 N–H and O–H groups in total. The molecule has 1 aromatic carbocycles. The van der Waals surface area contributed by atoms with E-state index in [1.165, 1.54) is 5.56 Å². The van der Waals surface area contributed by atoms with Crippen LogP contribution in [0, 0.1) is 0 Å². The molecule has 2 heteroatoms. The lowest BCUT2D eigenvalue weighted by Crippen LogP contribution is -2.48. The van der Waals surface area contributed by atoms with Crippen molar-refractivity contribution in [3.63, 3.8) is 0 Å². The first-order valence-electron chi connectivity index (χ1n) is 6.53. The number of hydrogen-bond donors (Lipinski definition) is 1. The molecular weight excluding hydrogens is 212 g/mol. The Morgan fingerprint density at radius 1 is 1.00 bits per heavy atom. The van der Waals surface area contributed by atoms with E-state index in [2.05, 4.69) is 18.2 Å². The van der Waals surface area contributed by atoms with Crippen LogP contribution >= 0.6 is 0 Å². The third-order valence-corrected chi connectivity index (χ3v) is 4.89. The van der Waals surface area contributed by atoms with Crippen molar-refractivity contribution in [2.24, 2.45) is 0 Å². The molecule has 3 saturated carbocycles. The van der Waals surface area contributed by atoms with Crippen LogP contribution in [0.3, 0.4) is 0 Å². The second-order valence-corrected chi connectivity index (χ2v) is 5.70. The maximum absolute atomic E-state index is 10.3. The summed E-state index contributed by atoms with van der Waals surface area (Å²) in [5, 5.41) is 10.3. The minimum Gasteiger partial charge on any atom is -0.496 e. The Labute approximate surface area is 103 Å². The van der Waals surface area contributed by atoms with E-state index in [0.717, 1.165) is 44.3 Å². The first kappa shape index (κ1) is 11.1. The molecule has 0 atom stereocenters.